The molecule has 0 bridgehead atoms. The number of thiophene rings is 1. The molecule has 0 amide bonds. The fourth-order valence-electron chi connectivity index (χ4n) is 3.47. The van der Waals surface area contributed by atoms with Crippen molar-refractivity contribution in [2.45, 2.75) is 24.7 Å². The van der Waals surface area contributed by atoms with Crippen LogP contribution < -0.4 is 9.04 Å². The van der Waals surface area contributed by atoms with Gasteiger partial charge in [0, 0.05) is 10.3 Å². The van der Waals surface area contributed by atoms with Gasteiger partial charge in [0.05, 0.1) is 11.4 Å². The number of fused-ring (bicyclic) bond motifs is 1. The first-order valence-electron chi connectivity index (χ1n) is 9.99. The van der Waals surface area contributed by atoms with Gasteiger partial charge >= 0.3 is 6.36 Å². The molecule has 0 saturated carbocycles. The molecule has 0 saturated heterocycles. The van der Waals surface area contributed by atoms with Gasteiger partial charge in [-0.15, -0.1) is 24.5 Å². The van der Waals surface area contributed by atoms with E-state index in [0.717, 1.165) is 27.8 Å². The zero-order valence-corrected chi connectivity index (χ0v) is 19.4. The third kappa shape index (κ3) is 4.92. The number of aldehydes is 1. The number of aryl methyl sites for hydroxylation is 1. The lowest BCUT2D eigenvalue weighted by Crippen LogP contribution is -2.30. The molecule has 4 rings (SSSR count). The second-order valence-electron chi connectivity index (χ2n) is 7.42. The van der Waals surface area contributed by atoms with E-state index in [9.17, 15) is 26.4 Å². The summed E-state index contributed by atoms with van der Waals surface area (Å²) in [5.41, 5.74) is 1.58. The molecule has 0 aliphatic rings. The van der Waals surface area contributed by atoms with Gasteiger partial charge in [-0.3, -0.25) is 9.10 Å². The molecule has 34 heavy (non-hydrogen) atoms. The number of hydrogen-bond acceptors (Lipinski definition) is 5. The lowest BCUT2D eigenvalue weighted by molar-refractivity contribution is -0.274. The molecule has 0 spiro atoms. The second-order valence-corrected chi connectivity index (χ2v) is 10.3. The SMILES string of the molecule is Cc1c(N(Cc2ccc(OC(F)(F)F)cc2)S(=O)(=O)c2ccc(C=O)cc2)sc2ccccc12. The van der Waals surface area contributed by atoms with Gasteiger partial charge < -0.3 is 4.74 Å². The number of sulfonamides is 1. The van der Waals surface area contributed by atoms with Crippen molar-refractivity contribution in [2.75, 3.05) is 4.31 Å². The van der Waals surface area contributed by atoms with Crippen molar-refractivity contribution >= 4 is 42.7 Å². The third-order valence-electron chi connectivity index (χ3n) is 5.13. The molecule has 0 fully saturated rings. The van der Waals surface area contributed by atoms with Crippen molar-refractivity contribution in [1.82, 2.24) is 0 Å². The molecule has 3 aromatic carbocycles. The number of hydrogen-bond donors (Lipinski definition) is 0. The van der Waals surface area contributed by atoms with Crippen LogP contribution in [0.25, 0.3) is 10.1 Å². The lowest BCUT2D eigenvalue weighted by atomic mass is 10.2. The normalized spacial score (nSPS) is 12.0. The summed E-state index contributed by atoms with van der Waals surface area (Å²) in [6.07, 6.45) is -4.20. The molecule has 1 aromatic heterocycles. The van der Waals surface area contributed by atoms with Crippen LogP contribution >= 0.6 is 11.3 Å². The van der Waals surface area contributed by atoms with Crippen molar-refractivity contribution in [3.05, 3.63) is 89.5 Å². The number of alkyl halides is 3. The summed E-state index contributed by atoms with van der Waals surface area (Å²) in [5, 5.41) is 1.41. The number of nitrogens with zero attached hydrogens (tertiary/aromatic N) is 1. The van der Waals surface area contributed by atoms with E-state index in [4.69, 9.17) is 0 Å². The Balaban J connectivity index is 1.78. The van der Waals surface area contributed by atoms with E-state index >= 15 is 0 Å². The highest BCUT2D eigenvalue weighted by atomic mass is 32.2. The fourth-order valence-corrected chi connectivity index (χ4v) is 6.40. The summed E-state index contributed by atoms with van der Waals surface area (Å²) in [5.74, 6) is -0.395. The smallest absolute Gasteiger partial charge is 0.406 e. The first kappa shape index (κ1) is 23.8. The monoisotopic (exact) mass is 505 g/mol. The van der Waals surface area contributed by atoms with E-state index in [1.807, 2.05) is 31.2 Å². The Morgan fingerprint density at radius 1 is 0.971 bits per heavy atom. The number of carbonyl (C=O) groups is 1. The van der Waals surface area contributed by atoms with Crippen LogP contribution in [0, 0.1) is 6.92 Å². The molecule has 0 atom stereocenters. The van der Waals surface area contributed by atoms with Crippen LogP contribution in [0.1, 0.15) is 21.5 Å². The first-order valence-corrected chi connectivity index (χ1v) is 12.2. The lowest BCUT2D eigenvalue weighted by Gasteiger charge is -2.24. The maximum atomic E-state index is 13.7. The quantitative estimate of drug-likeness (QED) is 0.276. The van der Waals surface area contributed by atoms with E-state index < -0.39 is 22.1 Å². The minimum absolute atomic E-state index is 0.00742. The van der Waals surface area contributed by atoms with Gasteiger partial charge in [0.15, 0.2) is 0 Å². The Hall–Kier alpha value is -3.37. The van der Waals surface area contributed by atoms with Gasteiger partial charge in [-0.1, -0.05) is 42.5 Å². The third-order valence-corrected chi connectivity index (χ3v) is 8.30. The van der Waals surface area contributed by atoms with Crippen LogP contribution in [0.5, 0.6) is 5.75 Å². The predicted molar refractivity (Wildman–Crippen MR) is 125 cm³/mol. The van der Waals surface area contributed by atoms with E-state index in [1.165, 1.54) is 52.0 Å². The zero-order chi connectivity index (χ0) is 24.5. The van der Waals surface area contributed by atoms with Crippen LogP contribution in [0.3, 0.4) is 0 Å². The number of anilines is 1. The molecular formula is C24H18F3NO4S2. The van der Waals surface area contributed by atoms with E-state index in [-0.39, 0.29) is 11.4 Å². The minimum Gasteiger partial charge on any atom is -0.406 e. The molecular weight excluding hydrogens is 487 g/mol. The topological polar surface area (TPSA) is 63.7 Å². The Labute approximate surface area is 198 Å². The number of rotatable bonds is 7. The van der Waals surface area contributed by atoms with Gasteiger partial charge in [-0.05, 0) is 53.8 Å². The molecule has 0 aliphatic heterocycles. The first-order chi connectivity index (χ1) is 16.1. The Kier molecular flexibility index (Phi) is 6.37. The molecule has 176 valence electrons. The standard InChI is InChI=1S/C24H18F3NO4S2/c1-16-21-4-2-3-5-22(21)33-23(16)28(34(30,31)20-12-8-18(15-29)9-13-20)14-17-6-10-19(11-7-17)32-24(25,26)27/h2-13,15H,14H2,1H3. The van der Waals surface area contributed by atoms with Crippen molar-refractivity contribution in [3.63, 3.8) is 0 Å². The molecule has 4 aromatic rings. The number of ether oxygens (including phenoxy) is 1. The van der Waals surface area contributed by atoms with E-state index in [2.05, 4.69) is 4.74 Å². The van der Waals surface area contributed by atoms with Crippen molar-refractivity contribution in [2.24, 2.45) is 0 Å². The summed E-state index contributed by atoms with van der Waals surface area (Å²) in [4.78, 5) is 11.0. The predicted octanol–water partition coefficient (Wildman–Crippen LogP) is 6.32. The summed E-state index contributed by atoms with van der Waals surface area (Å²) in [6.45, 7) is 1.71. The molecule has 1 heterocycles. The van der Waals surface area contributed by atoms with Gasteiger partial charge in [-0.25, -0.2) is 8.42 Å². The van der Waals surface area contributed by atoms with Crippen LogP contribution in [-0.4, -0.2) is 21.1 Å². The minimum atomic E-state index is -4.82. The number of carbonyl (C=O) groups excluding carboxylic acids is 1. The summed E-state index contributed by atoms with van der Waals surface area (Å²) >= 11 is 1.31. The number of benzene rings is 3. The van der Waals surface area contributed by atoms with Crippen molar-refractivity contribution in [3.8, 4) is 5.75 Å². The highest BCUT2D eigenvalue weighted by Crippen LogP contribution is 2.40. The second kappa shape index (κ2) is 9.11. The van der Waals surface area contributed by atoms with Crippen molar-refractivity contribution < 1.29 is 31.1 Å². The van der Waals surface area contributed by atoms with Crippen molar-refractivity contribution in [1.29, 1.82) is 0 Å². The molecule has 0 N–H and O–H groups in total. The largest absolute Gasteiger partial charge is 0.573 e. The van der Waals surface area contributed by atoms with Crippen LogP contribution in [0.2, 0.25) is 0 Å². The Morgan fingerprint density at radius 3 is 2.21 bits per heavy atom. The van der Waals surface area contributed by atoms with Gasteiger partial charge in [0.2, 0.25) is 0 Å². The maximum absolute atomic E-state index is 13.7. The van der Waals surface area contributed by atoms with Crippen LogP contribution in [-0.2, 0) is 16.6 Å². The summed E-state index contributed by atoms with van der Waals surface area (Å²) in [7, 11) is -4.07. The molecule has 5 nitrogen and oxygen atoms in total. The maximum Gasteiger partial charge on any atom is 0.573 e. The Morgan fingerprint density at radius 2 is 1.62 bits per heavy atom. The molecule has 0 radical (unpaired) electrons. The van der Waals surface area contributed by atoms with Gasteiger partial charge in [0.1, 0.15) is 17.0 Å². The average Bonchev–Trinajstić information content (AvgIpc) is 3.13. The molecule has 10 heteroatoms. The van der Waals surface area contributed by atoms with Gasteiger partial charge in [-0.2, -0.15) is 0 Å². The van der Waals surface area contributed by atoms with Gasteiger partial charge in [0.25, 0.3) is 10.0 Å². The summed E-state index contributed by atoms with van der Waals surface area (Å²) < 4.78 is 70.9. The van der Waals surface area contributed by atoms with Crippen LogP contribution in [0.15, 0.2) is 77.7 Å². The Bertz CT molecular complexity index is 1430. The van der Waals surface area contributed by atoms with Crippen LogP contribution in [0.4, 0.5) is 18.2 Å². The highest BCUT2D eigenvalue weighted by molar-refractivity contribution is 7.93. The number of halogens is 3. The fraction of sp³-hybridized carbons (Fsp3) is 0.125. The highest BCUT2D eigenvalue weighted by Gasteiger charge is 2.31. The summed E-state index contributed by atoms with van der Waals surface area (Å²) in [6, 6.07) is 18.1. The average molecular weight is 506 g/mol. The van der Waals surface area contributed by atoms with E-state index in [1.54, 1.807) is 0 Å². The zero-order valence-electron chi connectivity index (χ0n) is 17.7. The molecule has 0 unspecified atom stereocenters. The molecule has 0 aliphatic carbocycles. The van der Waals surface area contributed by atoms with E-state index in [0.29, 0.717) is 22.4 Å².